The Morgan fingerprint density at radius 2 is 2.14 bits per heavy atom. The van der Waals surface area contributed by atoms with E-state index in [9.17, 15) is 9.18 Å². The smallest absolute Gasteiger partial charge is 0.233 e. The maximum atomic E-state index is 13.2. The molecule has 0 spiro atoms. The highest BCUT2D eigenvalue weighted by molar-refractivity contribution is 7.98. The average molecular weight is 417 g/mol. The predicted molar refractivity (Wildman–Crippen MR) is 113 cm³/mol. The van der Waals surface area contributed by atoms with Crippen LogP contribution in [-0.4, -0.2) is 36.4 Å². The number of thioether (sulfide) groups is 1. The van der Waals surface area contributed by atoms with Crippen LogP contribution in [0.1, 0.15) is 18.4 Å². The second-order valence-electron chi connectivity index (χ2n) is 6.77. The van der Waals surface area contributed by atoms with Crippen molar-refractivity contribution in [2.75, 3.05) is 24.3 Å². The van der Waals surface area contributed by atoms with E-state index in [4.69, 9.17) is 9.72 Å². The molecular formula is C21H21FN2O2S2. The van der Waals surface area contributed by atoms with Gasteiger partial charge >= 0.3 is 0 Å². The Balaban J connectivity index is 1.62. The highest BCUT2D eigenvalue weighted by Gasteiger charge is 2.26. The molecule has 1 fully saturated rings. The van der Waals surface area contributed by atoms with Crippen molar-refractivity contribution < 1.29 is 13.9 Å². The van der Waals surface area contributed by atoms with Gasteiger partial charge in [-0.05, 0) is 55.0 Å². The van der Waals surface area contributed by atoms with Gasteiger partial charge in [0.25, 0.3) is 0 Å². The highest BCUT2D eigenvalue weighted by atomic mass is 32.2. The van der Waals surface area contributed by atoms with Crippen molar-refractivity contribution in [2.45, 2.75) is 30.3 Å². The second-order valence-corrected chi connectivity index (χ2v) is 8.66. The summed E-state index contributed by atoms with van der Waals surface area (Å²) in [5, 5.41) is 0.691. The monoisotopic (exact) mass is 416 g/mol. The summed E-state index contributed by atoms with van der Waals surface area (Å²) in [7, 11) is 0. The fourth-order valence-electron chi connectivity index (χ4n) is 3.29. The van der Waals surface area contributed by atoms with Crippen LogP contribution in [-0.2, 0) is 16.0 Å². The lowest BCUT2D eigenvalue weighted by Crippen LogP contribution is -2.38. The van der Waals surface area contributed by atoms with Crippen molar-refractivity contribution in [1.29, 1.82) is 0 Å². The molecule has 2 heterocycles. The number of fused-ring (bicyclic) bond motifs is 1. The van der Waals surface area contributed by atoms with Gasteiger partial charge in [0.2, 0.25) is 5.91 Å². The summed E-state index contributed by atoms with van der Waals surface area (Å²) in [5.74, 6) is -0.352. The SMILES string of the molecule is CSc1ccc2nc(N(C[C@@H]3CCCO3)C(=O)Cc3ccc(F)cc3)sc2c1. The molecular weight excluding hydrogens is 395 g/mol. The number of halogens is 1. The molecule has 28 heavy (non-hydrogen) atoms. The first kappa shape index (κ1) is 19.4. The van der Waals surface area contributed by atoms with Crippen molar-refractivity contribution in [3.8, 4) is 0 Å². The third kappa shape index (κ3) is 4.37. The van der Waals surface area contributed by atoms with Gasteiger partial charge in [-0.3, -0.25) is 9.69 Å². The Morgan fingerprint density at radius 3 is 2.86 bits per heavy atom. The molecule has 1 amide bonds. The summed E-state index contributed by atoms with van der Waals surface area (Å²) in [6, 6.07) is 12.2. The lowest BCUT2D eigenvalue weighted by molar-refractivity contribution is -0.118. The first-order valence-corrected chi connectivity index (χ1v) is 11.3. The van der Waals surface area contributed by atoms with Crippen LogP contribution in [0.25, 0.3) is 10.2 Å². The van der Waals surface area contributed by atoms with Gasteiger partial charge in [-0.2, -0.15) is 0 Å². The Kier molecular flexibility index (Phi) is 5.94. The lowest BCUT2D eigenvalue weighted by Gasteiger charge is -2.23. The molecule has 1 atom stereocenters. The van der Waals surface area contributed by atoms with E-state index in [-0.39, 0.29) is 24.2 Å². The number of benzene rings is 2. The molecule has 0 N–H and O–H groups in total. The van der Waals surface area contributed by atoms with Crippen LogP contribution >= 0.6 is 23.1 Å². The lowest BCUT2D eigenvalue weighted by atomic mass is 10.1. The standard InChI is InChI=1S/C21H21FN2O2S2/c1-27-17-8-9-18-19(12-17)28-21(23-18)24(13-16-3-2-10-26-16)20(25)11-14-4-6-15(22)7-5-14/h4-9,12,16H,2-3,10-11,13H2,1H3/t16-/m0/s1. The van der Waals surface area contributed by atoms with Gasteiger partial charge in [0.05, 0.1) is 29.3 Å². The van der Waals surface area contributed by atoms with Gasteiger partial charge in [-0.1, -0.05) is 23.5 Å². The third-order valence-electron chi connectivity index (χ3n) is 4.80. The van der Waals surface area contributed by atoms with E-state index in [1.54, 1.807) is 28.8 Å². The van der Waals surface area contributed by atoms with Crippen LogP contribution in [0, 0.1) is 5.82 Å². The molecule has 0 bridgehead atoms. The molecule has 0 radical (unpaired) electrons. The number of aromatic nitrogens is 1. The molecule has 4 nitrogen and oxygen atoms in total. The molecule has 1 aliphatic heterocycles. The minimum Gasteiger partial charge on any atom is -0.376 e. The Labute approximate surface area is 171 Å². The number of nitrogens with zero attached hydrogens (tertiary/aromatic N) is 2. The number of hydrogen-bond acceptors (Lipinski definition) is 5. The fourth-order valence-corrected chi connectivity index (χ4v) is 4.83. The third-order valence-corrected chi connectivity index (χ3v) is 6.56. The normalized spacial score (nSPS) is 16.6. The van der Waals surface area contributed by atoms with E-state index in [0.717, 1.165) is 35.2 Å². The largest absolute Gasteiger partial charge is 0.376 e. The first-order chi connectivity index (χ1) is 13.6. The molecule has 3 aromatic rings. The van der Waals surface area contributed by atoms with Crippen molar-refractivity contribution in [3.05, 3.63) is 53.8 Å². The van der Waals surface area contributed by atoms with Crippen LogP contribution in [0.2, 0.25) is 0 Å². The van der Waals surface area contributed by atoms with E-state index in [2.05, 4.69) is 6.07 Å². The van der Waals surface area contributed by atoms with E-state index < -0.39 is 0 Å². The van der Waals surface area contributed by atoms with E-state index in [1.807, 2.05) is 18.4 Å². The van der Waals surface area contributed by atoms with Crippen molar-refractivity contribution in [2.24, 2.45) is 0 Å². The Bertz CT molecular complexity index is 968. The first-order valence-electron chi connectivity index (χ1n) is 9.23. The summed E-state index contributed by atoms with van der Waals surface area (Å²) in [6.45, 7) is 1.23. The van der Waals surface area contributed by atoms with Gasteiger partial charge in [-0.25, -0.2) is 9.37 Å². The molecule has 2 aromatic carbocycles. The fraction of sp³-hybridized carbons (Fsp3) is 0.333. The maximum Gasteiger partial charge on any atom is 0.233 e. The number of carbonyl (C=O) groups is 1. The molecule has 146 valence electrons. The van der Waals surface area contributed by atoms with Crippen LogP contribution in [0.15, 0.2) is 47.4 Å². The molecule has 0 aliphatic carbocycles. The number of carbonyl (C=O) groups excluding carboxylic acids is 1. The van der Waals surface area contributed by atoms with Gasteiger partial charge in [0.15, 0.2) is 5.13 Å². The Morgan fingerprint density at radius 1 is 1.32 bits per heavy atom. The zero-order chi connectivity index (χ0) is 19.5. The van der Waals surface area contributed by atoms with Gasteiger partial charge in [0.1, 0.15) is 5.82 Å². The number of rotatable bonds is 6. The molecule has 1 saturated heterocycles. The maximum absolute atomic E-state index is 13.2. The minimum atomic E-state index is -0.303. The predicted octanol–water partition coefficient (Wildman–Crippen LogP) is 4.91. The quantitative estimate of drug-likeness (QED) is 0.536. The van der Waals surface area contributed by atoms with E-state index >= 15 is 0 Å². The summed E-state index contributed by atoms with van der Waals surface area (Å²) >= 11 is 3.21. The number of hydrogen-bond donors (Lipinski definition) is 0. The van der Waals surface area contributed by atoms with Crippen LogP contribution in [0.5, 0.6) is 0 Å². The molecule has 1 aliphatic rings. The summed E-state index contributed by atoms with van der Waals surface area (Å²) in [4.78, 5) is 20.7. The van der Waals surface area contributed by atoms with Crippen molar-refractivity contribution in [1.82, 2.24) is 4.98 Å². The zero-order valence-electron chi connectivity index (χ0n) is 15.6. The van der Waals surface area contributed by atoms with Crippen LogP contribution < -0.4 is 4.90 Å². The second kappa shape index (κ2) is 8.59. The van der Waals surface area contributed by atoms with Gasteiger partial charge in [-0.15, -0.1) is 11.8 Å². The van der Waals surface area contributed by atoms with E-state index in [0.29, 0.717) is 11.7 Å². The molecule has 0 unspecified atom stereocenters. The van der Waals surface area contributed by atoms with Crippen molar-refractivity contribution in [3.63, 3.8) is 0 Å². The topological polar surface area (TPSA) is 42.4 Å². The number of thiazole rings is 1. The minimum absolute atomic E-state index is 0.0333. The summed E-state index contributed by atoms with van der Waals surface area (Å²) in [6.07, 6.45) is 4.24. The number of anilines is 1. The van der Waals surface area contributed by atoms with Crippen molar-refractivity contribution >= 4 is 44.4 Å². The highest BCUT2D eigenvalue weighted by Crippen LogP contribution is 2.32. The summed E-state index contributed by atoms with van der Waals surface area (Å²) in [5.41, 5.74) is 1.68. The summed E-state index contributed by atoms with van der Waals surface area (Å²) < 4.78 is 20.0. The van der Waals surface area contributed by atoms with Gasteiger partial charge in [0, 0.05) is 11.5 Å². The molecule has 1 aromatic heterocycles. The number of amides is 1. The Hall–Kier alpha value is -1.96. The average Bonchev–Trinajstić information content (AvgIpc) is 3.36. The van der Waals surface area contributed by atoms with Crippen LogP contribution in [0.3, 0.4) is 0 Å². The zero-order valence-corrected chi connectivity index (χ0v) is 17.2. The van der Waals surface area contributed by atoms with E-state index in [1.165, 1.54) is 28.4 Å². The number of ether oxygens (including phenoxy) is 1. The molecule has 0 saturated carbocycles. The van der Waals surface area contributed by atoms with Crippen LogP contribution in [0.4, 0.5) is 9.52 Å². The molecule has 4 rings (SSSR count). The molecule has 7 heteroatoms. The van der Waals surface area contributed by atoms with Gasteiger partial charge < -0.3 is 4.74 Å².